The van der Waals surface area contributed by atoms with Gasteiger partial charge in [-0.25, -0.2) is 0 Å². The van der Waals surface area contributed by atoms with Gasteiger partial charge in [0.1, 0.15) is 0 Å². The lowest BCUT2D eigenvalue weighted by Gasteiger charge is -2.22. The van der Waals surface area contributed by atoms with Gasteiger partial charge in [0.15, 0.2) is 0 Å². The Bertz CT molecular complexity index is 997. The third-order valence-electron chi connectivity index (χ3n) is 13.2. The van der Waals surface area contributed by atoms with Gasteiger partial charge in [-0.15, -0.1) is 0 Å². The van der Waals surface area contributed by atoms with Crippen LogP contribution in [0, 0.1) is 0 Å². The Morgan fingerprint density at radius 3 is 1.12 bits per heavy atom. The number of amides is 1. The van der Waals surface area contributed by atoms with Crippen molar-refractivity contribution in [2.75, 3.05) is 13.2 Å². The summed E-state index contributed by atoms with van der Waals surface area (Å²) in [4.78, 5) is 24.5. The van der Waals surface area contributed by atoms with Crippen LogP contribution in [-0.2, 0) is 14.3 Å². The third kappa shape index (κ3) is 49.8. The van der Waals surface area contributed by atoms with Crippen molar-refractivity contribution in [3.8, 4) is 0 Å². The first kappa shape index (κ1) is 62.3. The van der Waals surface area contributed by atoms with Crippen LogP contribution in [0.25, 0.3) is 0 Å². The number of allylic oxidation sites excluding steroid dienone is 4. The van der Waals surface area contributed by atoms with E-state index in [1.54, 1.807) is 0 Å². The first-order valence-corrected chi connectivity index (χ1v) is 28.6. The van der Waals surface area contributed by atoms with Crippen LogP contribution in [0.4, 0.5) is 0 Å². The SMILES string of the molecule is CCCCCC/C=C\CCCCCCCC(=O)OCCCCCCCCC/C=C\CCCCCCCC(=O)NC(CO)C(O)CCCCCCCCCCCCCCCCCCCC. The van der Waals surface area contributed by atoms with Gasteiger partial charge in [0, 0.05) is 12.8 Å². The quantitative estimate of drug-likeness (QED) is 0.0321. The molecule has 0 rings (SSSR count). The molecule has 0 aromatic rings. The Hall–Kier alpha value is -1.66. The summed E-state index contributed by atoms with van der Waals surface area (Å²) in [5.74, 6) is -0.0621. The highest BCUT2D eigenvalue weighted by molar-refractivity contribution is 5.76. The van der Waals surface area contributed by atoms with Crippen molar-refractivity contribution in [1.29, 1.82) is 0 Å². The Morgan fingerprint density at radius 2 is 0.734 bits per heavy atom. The number of hydrogen-bond donors (Lipinski definition) is 3. The fraction of sp³-hybridized carbons (Fsp3) is 0.897. The number of rotatable bonds is 53. The number of aliphatic hydroxyl groups is 2. The van der Waals surface area contributed by atoms with Gasteiger partial charge in [0.05, 0.1) is 25.4 Å². The molecule has 0 radical (unpaired) electrons. The fourth-order valence-corrected chi connectivity index (χ4v) is 8.81. The molecule has 2 unspecified atom stereocenters. The Labute approximate surface area is 399 Å². The molecular formula is C58H111NO5. The summed E-state index contributed by atoms with van der Waals surface area (Å²) in [6.45, 7) is 4.92. The summed E-state index contributed by atoms with van der Waals surface area (Å²) in [6.07, 6.45) is 64.5. The molecule has 2 atom stereocenters. The molecule has 0 aliphatic rings. The molecule has 0 bridgehead atoms. The highest BCUT2D eigenvalue weighted by atomic mass is 16.5. The topological polar surface area (TPSA) is 95.9 Å². The van der Waals surface area contributed by atoms with E-state index in [1.807, 2.05) is 0 Å². The second kappa shape index (κ2) is 54.0. The van der Waals surface area contributed by atoms with Gasteiger partial charge in [-0.1, -0.05) is 244 Å². The molecule has 6 heteroatoms. The summed E-state index contributed by atoms with van der Waals surface area (Å²) >= 11 is 0. The normalized spacial score (nSPS) is 12.8. The molecule has 0 fully saturated rings. The van der Waals surface area contributed by atoms with Crippen LogP contribution < -0.4 is 5.32 Å². The lowest BCUT2D eigenvalue weighted by molar-refractivity contribution is -0.143. The highest BCUT2D eigenvalue weighted by Crippen LogP contribution is 2.17. The van der Waals surface area contributed by atoms with E-state index in [2.05, 4.69) is 43.5 Å². The monoisotopic (exact) mass is 902 g/mol. The molecule has 0 saturated heterocycles. The predicted molar refractivity (Wildman–Crippen MR) is 278 cm³/mol. The lowest BCUT2D eigenvalue weighted by Crippen LogP contribution is -2.45. The number of aliphatic hydroxyl groups excluding tert-OH is 2. The van der Waals surface area contributed by atoms with Crippen molar-refractivity contribution in [2.24, 2.45) is 0 Å². The fourth-order valence-electron chi connectivity index (χ4n) is 8.81. The minimum Gasteiger partial charge on any atom is -0.466 e. The number of ether oxygens (including phenoxy) is 1. The van der Waals surface area contributed by atoms with Crippen molar-refractivity contribution in [3.05, 3.63) is 24.3 Å². The highest BCUT2D eigenvalue weighted by Gasteiger charge is 2.20. The Morgan fingerprint density at radius 1 is 0.422 bits per heavy atom. The van der Waals surface area contributed by atoms with E-state index in [0.717, 1.165) is 64.2 Å². The van der Waals surface area contributed by atoms with Gasteiger partial charge in [-0.2, -0.15) is 0 Å². The van der Waals surface area contributed by atoms with Gasteiger partial charge in [0.2, 0.25) is 5.91 Å². The zero-order valence-electron chi connectivity index (χ0n) is 43.0. The van der Waals surface area contributed by atoms with Crippen LogP contribution in [0.5, 0.6) is 0 Å². The molecule has 0 spiro atoms. The van der Waals surface area contributed by atoms with E-state index in [9.17, 15) is 19.8 Å². The Kier molecular flexibility index (Phi) is 52.6. The Balaban J connectivity index is 3.47. The van der Waals surface area contributed by atoms with Gasteiger partial charge in [-0.05, 0) is 77.0 Å². The first-order chi connectivity index (χ1) is 31.5. The first-order valence-electron chi connectivity index (χ1n) is 28.6. The summed E-state index contributed by atoms with van der Waals surface area (Å²) < 4.78 is 5.46. The molecule has 0 aromatic carbocycles. The van der Waals surface area contributed by atoms with E-state index in [-0.39, 0.29) is 18.5 Å². The van der Waals surface area contributed by atoms with Crippen molar-refractivity contribution >= 4 is 11.9 Å². The second-order valence-electron chi connectivity index (χ2n) is 19.6. The number of carbonyl (C=O) groups excluding carboxylic acids is 2. The smallest absolute Gasteiger partial charge is 0.305 e. The average Bonchev–Trinajstić information content (AvgIpc) is 3.29. The molecule has 6 nitrogen and oxygen atoms in total. The zero-order chi connectivity index (χ0) is 46.5. The maximum atomic E-state index is 12.5. The standard InChI is InChI=1S/C58H111NO5/c1-3-5-7-9-11-13-15-17-18-19-20-23-27-30-34-38-42-46-50-56(61)55(54-60)59-57(62)51-47-43-39-35-31-28-24-21-22-25-29-33-37-41-45-49-53-64-58(63)52-48-44-40-36-32-26-16-14-12-10-8-6-4-2/h14,16,21,24,55-56,60-61H,3-13,15,17-20,22-23,25-54H2,1-2H3,(H,59,62)/b16-14-,24-21-. The lowest BCUT2D eigenvalue weighted by atomic mass is 10.0. The predicted octanol–water partition coefficient (Wildman–Crippen LogP) is 17.5. The molecule has 64 heavy (non-hydrogen) atoms. The van der Waals surface area contributed by atoms with E-state index in [4.69, 9.17) is 4.74 Å². The summed E-state index contributed by atoms with van der Waals surface area (Å²) in [5.41, 5.74) is 0. The van der Waals surface area contributed by atoms with Crippen molar-refractivity contribution in [2.45, 2.75) is 321 Å². The van der Waals surface area contributed by atoms with Crippen LogP contribution in [0.2, 0.25) is 0 Å². The number of hydrogen-bond acceptors (Lipinski definition) is 5. The van der Waals surface area contributed by atoms with Gasteiger partial charge < -0.3 is 20.3 Å². The van der Waals surface area contributed by atoms with Crippen molar-refractivity contribution < 1.29 is 24.5 Å². The molecule has 3 N–H and O–H groups in total. The van der Waals surface area contributed by atoms with Gasteiger partial charge in [0.25, 0.3) is 0 Å². The maximum Gasteiger partial charge on any atom is 0.305 e. The number of esters is 1. The van der Waals surface area contributed by atoms with Crippen LogP contribution in [-0.4, -0.2) is 47.4 Å². The molecular weight excluding hydrogens is 791 g/mol. The van der Waals surface area contributed by atoms with E-state index in [0.29, 0.717) is 25.9 Å². The van der Waals surface area contributed by atoms with Crippen molar-refractivity contribution in [1.82, 2.24) is 5.32 Å². The molecule has 0 saturated carbocycles. The average molecular weight is 903 g/mol. The van der Waals surface area contributed by atoms with E-state index < -0.39 is 12.1 Å². The number of nitrogens with one attached hydrogen (secondary N) is 1. The van der Waals surface area contributed by atoms with Gasteiger partial charge >= 0.3 is 5.97 Å². The van der Waals surface area contributed by atoms with Crippen LogP contribution in [0.3, 0.4) is 0 Å². The molecule has 0 heterocycles. The minimum absolute atomic E-state index is 0.0118. The maximum absolute atomic E-state index is 12.5. The molecule has 0 aliphatic carbocycles. The number of carbonyl (C=O) groups is 2. The van der Waals surface area contributed by atoms with Gasteiger partial charge in [-0.3, -0.25) is 9.59 Å². The summed E-state index contributed by atoms with van der Waals surface area (Å²) in [6, 6.07) is -0.554. The van der Waals surface area contributed by atoms with Crippen LogP contribution in [0.1, 0.15) is 309 Å². The molecule has 0 aliphatic heterocycles. The van der Waals surface area contributed by atoms with Crippen LogP contribution >= 0.6 is 0 Å². The summed E-state index contributed by atoms with van der Waals surface area (Å²) in [5, 5.41) is 23.3. The largest absolute Gasteiger partial charge is 0.466 e. The van der Waals surface area contributed by atoms with E-state index >= 15 is 0 Å². The third-order valence-corrected chi connectivity index (χ3v) is 13.2. The van der Waals surface area contributed by atoms with E-state index in [1.165, 1.54) is 212 Å². The van der Waals surface area contributed by atoms with Crippen LogP contribution in [0.15, 0.2) is 24.3 Å². The number of unbranched alkanes of at least 4 members (excludes halogenated alkanes) is 38. The molecule has 0 aromatic heterocycles. The van der Waals surface area contributed by atoms with Crippen molar-refractivity contribution in [3.63, 3.8) is 0 Å². The molecule has 378 valence electrons. The zero-order valence-corrected chi connectivity index (χ0v) is 43.0. The second-order valence-corrected chi connectivity index (χ2v) is 19.6. The summed E-state index contributed by atoms with van der Waals surface area (Å²) in [7, 11) is 0. The minimum atomic E-state index is -0.675. The molecule has 1 amide bonds.